The Kier molecular flexibility index (Phi) is 3.83. The molecule has 0 spiro atoms. The van der Waals surface area contributed by atoms with Crippen LogP contribution >= 0.6 is 0 Å². The molecule has 0 aromatic heterocycles. The monoisotopic (exact) mass is 277 g/mol. The van der Waals surface area contributed by atoms with Gasteiger partial charge < -0.3 is 20.6 Å². The first-order valence-corrected chi connectivity index (χ1v) is 6.55. The van der Waals surface area contributed by atoms with Crippen molar-refractivity contribution in [3.63, 3.8) is 0 Å². The zero-order chi connectivity index (χ0) is 14.9. The Morgan fingerprint density at radius 1 is 1.35 bits per heavy atom. The summed E-state index contributed by atoms with van der Waals surface area (Å²) in [4.78, 5) is 26.5. The molecule has 108 valence electrons. The van der Waals surface area contributed by atoms with Crippen LogP contribution in [0.3, 0.4) is 0 Å². The van der Waals surface area contributed by atoms with E-state index in [0.29, 0.717) is 31.0 Å². The number of nitrogen functional groups attached to an aromatic ring is 1. The van der Waals surface area contributed by atoms with Crippen LogP contribution in [-0.2, 0) is 4.79 Å². The lowest BCUT2D eigenvalue weighted by molar-refractivity contribution is -0.131. The second-order valence-electron chi connectivity index (χ2n) is 5.06. The molecule has 1 aromatic rings. The Morgan fingerprint density at radius 2 is 2.05 bits per heavy atom. The third kappa shape index (κ3) is 2.54. The fourth-order valence-corrected chi connectivity index (χ4v) is 2.72. The van der Waals surface area contributed by atoms with Crippen LogP contribution in [0.15, 0.2) is 18.2 Å². The number of benzene rings is 1. The van der Waals surface area contributed by atoms with Crippen molar-refractivity contribution < 1.29 is 14.7 Å². The van der Waals surface area contributed by atoms with Gasteiger partial charge in [0.2, 0.25) is 5.91 Å². The third-order valence-electron chi connectivity index (χ3n) is 3.65. The number of rotatable bonds is 2. The van der Waals surface area contributed by atoms with E-state index in [0.717, 1.165) is 0 Å². The van der Waals surface area contributed by atoms with E-state index in [1.807, 2.05) is 11.8 Å². The van der Waals surface area contributed by atoms with Gasteiger partial charge in [0, 0.05) is 32.6 Å². The van der Waals surface area contributed by atoms with Crippen LogP contribution in [0.1, 0.15) is 24.2 Å². The molecule has 0 saturated carbocycles. The van der Waals surface area contributed by atoms with E-state index in [-0.39, 0.29) is 17.5 Å². The van der Waals surface area contributed by atoms with Crippen molar-refractivity contribution in [2.45, 2.75) is 19.9 Å². The van der Waals surface area contributed by atoms with Crippen molar-refractivity contribution in [2.24, 2.45) is 0 Å². The SMILES string of the molecule is CC(=O)N1CCN(c2c(N)cccc2C(=O)O)CC1C. The van der Waals surface area contributed by atoms with Crippen LogP contribution < -0.4 is 10.6 Å². The maximum Gasteiger partial charge on any atom is 0.337 e. The molecule has 1 amide bonds. The van der Waals surface area contributed by atoms with Crippen LogP contribution in [0.4, 0.5) is 11.4 Å². The Hall–Kier alpha value is -2.24. The average molecular weight is 277 g/mol. The first kappa shape index (κ1) is 14.2. The van der Waals surface area contributed by atoms with Crippen molar-refractivity contribution in [1.29, 1.82) is 0 Å². The highest BCUT2D eigenvalue weighted by Gasteiger charge is 2.28. The molecule has 0 aliphatic carbocycles. The highest BCUT2D eigenvalue weighted by molar-refractivity contribution is 5.98. The molecule has 6 nitrogen and oxygen atoms in total. The molecular weight excluding hydrogens is 258 g/mol. The molecule has 0 bridgehead atoms. The van der Waals surface area contributed by atoms with Crippen molar-refractivity contribution >= 4 is 23.3 Å². The summed E-state index contributed by atoms with van der Waals surface area (Å²) in [6, 6.07) is 4.92. The fourth-order valence-electron chi connectivity index (χ4n) is 2.72. The van der Waals surface area contributed by atoms with E-state index in [4.69, 9.17) is 5.73 Å². The third-order valence-corrected chi connectivity index (χ3v) is 3.65. The Morgan fingerprint density at radius 3 is 2.60 bits per heavy atom. The van der Waals surface area contributed by atoms with Crippen molar-refractivity contribution in [1.82, 2.24) is 4.90 Å². The van der Waals surface area contributed by atoms with Gasteiger partial charge in [-0.05, 0) is 19.1 Å². The van der Waals surface area contributed by atoms with Gasteiger partial charge in [-0.3, -0.25) is 4.79 Å². The summed E-state index contributed by atoms with van der Waals surface area (Å²) in [7, 11) is 0. The van der Waals surface area contributed by atoms with Crippen LogP contribution in [0, 0.1) is 0 Å². The molecule has 1 aliphatic rings. The summed E-state index contributed by atoms with van der Waals surface area (Å²) < 4.78 is 0. The first-order chi connectivity index (χ1) is 9.41. The predicted octanol–water partition coefficient (Wildman–Crippen LogP) is 1.02. The molecule has 2 rings (SSSR count). The largest absolute Gasteiger partial charge is 0.478 e. The minimum absolute atomic E-state index is 0.0301. The molecule has 1 aliphatic heterocycles. The number of para-hydroxylation sites is 1. The highest BCUT2D eigenvalue weighted by atomic mass is 16.4. The Bertz CT molecular complexity index is 544. The van der Waals surface area contributed by atoms with Crippen LogP contribution in [0.5, 0.6) is 0 Å². The molecule has 1 fully saturated rings. The number of hydrogen-bond acceptors (Lipinski definition) is 4. The molecule has 3 N–H and O–H groups in total. The summed E-state index contributed by atoms with van der Waals surface area (Å²) in [5, 5.41) is 9.28. The summed E-state index contributed by atoms with van der Waals surface area (Å²) in [5.74, 6) is -0.953. The van der Waals surface area contributed by atoms with Gasteiger partial charge in [-0.15, -0.1) is 0 Å². The van der Waals surface area contributed by atoms with Gasteiger partial charge in [0.25, 0.3) is 0 Å². The zero-order valence-electron chi connectivity index (χ0n) is 11.7. The smallest absolute Gasteiger partial charge is 0.337 e. The zero-order valence-corrected chi connectivity index (χ0v) is 11.7. The van der Waals surface area contributed by atoms with Crippen molar-refractivity contribution in [3.05, 3.63) is 23.8 Å². The first-order valence-electron chi connectivity index (χ1n) is 6.55. The molecule has 1 unspecified atom stereocenters. The number of anilines is 2. The van der Waals surface area contributed by atoms with Gasteiger partial charge in [0.15, 0.2) is 0 Å². The Labute approximate surface area is 117 Å². The highest BCUT2D eigenvalue weighted by Crippen LogP contribution is 2.30. The topological polar surface area (TPSA) is 86.9 Å². The number of carboxylic acids is 1. The molecule has 1 saturated heterocycles. The quantitative estimate of drug-likeness (QED) is 0.788. The number of carbonyl (C=O) groups is 2. The van der Waals surface area contributed by atoms with E-state index in [2.05, 4.69) is 0 Å². The summed E-state index contributed by atoms with van der Waals surface area (Å²) in [5.41, 5.74) is 7.15. The van der Waals surface area contributed by atoms with E-state index in [9.17, 15) is 14.7 Å². The van der Waals surface area contributed by atoms with Crippen molar-refractivity contribution in [2.75, 3.05) is 30.3 Å². The lowest BCUT2D eigenvalue weighted by Gasteiger charge is -2.41. The Balaban J connectivity index is 2.30. The van der Waals surface area contributed by atoms with Gasteiger partial charge in [0.1, 0.15) is 0 Å². The molecule has 6 heteroatoms. The minimum atomic E-state index is -0.992. The van der Waals surface area contributed by atoms with E-state index in [1.54, 1.807) is 30.0 Å². The number of hydrogen-bond donors (Lipinski definition) is 2. The summed E-state index contributed by atoms with van der Waals surface area (Å²) in [6.07, 6.45) is 0. The maximum atomic E-state index is 11.5. The van der Waals surface area contributed by atoms with Gasteiger partial charge in [0.05, 0.1) is 16.9 Å². The average Bonchev–Trinajstić information content (AvgIpc) is 2.37. The summed E-state index contributed by atoms with van der Waals surface area (Å²) >= 11 is 0. The normalized spacial score (nSPS) is 19.0. The minimum Gasteiger partial charge on any atom is -0.478 e. The lowest BCUT2D eigenvalue weighted by atomic mass is 10.1. The summed E-state index contributed by atoms with van der Waals surface area (Å²) in [6.45, 7) is 5.23. The molecule has 20 heavy (non-hydrogen) atoms. The second kappa shape index (κ2) is 5.40. The van der Waals surface area contributed by atoms with E-state index < -0.39 is 5.97 Å². The number of amides is 1. The molecule has 1 atom stereocenters. The number of nitrogens with two attached hydrogens (primary N) is 1. The molecule has 1 heterocycles. The van der Waals surface area contributed by atoms with Crippen molar-refractivity contribution in [3.8, 4) is 0 Å². The standard InChI is InChI=1S/C14H19N3O3/c1-9-8-16(6-7-17(9)10(2)18)13-11(14(19)20)4-3-5-12(13)15/h3-5,9H,6-8,15H2,1-2H3,(H,19,20). The molecule has 0 radical (unpaired) electrons. The predicted molar refractivity (Wildman–Crippen MR) is 76.9 cm³/mol. The maximum absolute atomic E-state index is 11.5. The van der Waals surface area contributed by atoms with E-state index >= 15 is 0 Å². The lowest BCUT2D eigenvalue weighted by Crippen LogP contribution is -2.53. The fraction of sp³-hybridized carbons (Fsp3) is 0.429. The molecule has 1 aromatic carbocycles. The van der Waals surface area contributed by atoms with E-state index in [1.165, 1.54) is 0 Å². The van der Waals surface area contributed by atoms with Crippen LogP contribution in [0.25, 0.3) is 0 Å². The van der Waals surface area contributed by atoms with Gasteiger partial charge in [-0.1, -0.05) is 6.07 Å². The van der Waals surface area contributed by atoms with Crippen LogP contribution in [0.2, 0.25) is 0 Å². The number of aromatic carboxylic acids is 1. The second-order valence-corrected chi connectivity index (χ2v) is 5.06. The number of carboxylic acid groups (broad SMARTS) is 1. The van der Waals surface area contributed by atoms with Gasteiger partial charge in [-0.25, -0.2) is 4.79 Å². The number of piperazine rings is 1. The van der Waals surface area contributed by atoms with Gasteiger partial charge in [-0.2, -0.15) is 0 Å². The van der Waals surface area contributed by atoms with Crippen LogP contribution in [-0.4, -0.2) is 47.6 Å². The number of nitrogens with zero attached hydrogens (tertiary/aromatic N) is 2. The van der Waals surface area contributed by atoms with Gasteiger partial charge >= 0.3 is 5.97 Å². The number of carbonyl (C=O) groups excluding carboxylic acids is 1. The molecular formula is C14H19N3O3.